The number of para-hydroxylation sites is 1. The van der Waals surface area contributed by atoms with Gasteiger partial charge >= 0.3 is 0 Å². The Morgan fingerprint density at radius 2 is 1.61 bits per heavy atom. The van der Waals surface area contributed by atoms with Crippen molar-refractivity contribution in [2.45, 2.75) is 0 Å². The van der Waals surface area contributed by atoms with Gasteiger partial charge in [0.1, 0.15) is 17.0 Å². The summed E-state index contributed by atoms with van der Waals surface area (Å²) in [6, 6.07) is 25.7. The molecule has 0 aliphatic carbocycles. The molecule has 6 rings (SSSR count). The first-order valence-electron chi connectivity index (χ1n) is 11.8. The fraction of sp³-hybridized carbons (Fsp3) is 0.148. The van der Waals surface area contributed by atoms with Gasteiger partial charge in [-0.3, -0.25) is 0 Å². The standard InChI is InChI=1S/C27H25N7O2/c1-2-6-22(7-3-1)36-23-8-4-5-20(17-23)30-26-24-25(29-18-28-24)32-27(33-26)31-19-9-11-21(12-10-19)34-13-15-35-16-14-34/h1-12,17-18H,13-16H2,(H3,28,29,30,31,32,33). The Morgan fingerprint density at radius 1 is 0.806 bits per heavy atom. The highest BCUT2D eigenvalue weighted by Gasteiger charge is 2.13. The van der Waals surface area contributed by atoms with Gasteiger partial charge in [-0.2, -0.15) is 9.97 Å². The van der Waals surface area contributed by atoms with Crippen LogP contribution < -0.4 is 20.3 Å². The van der Waals surface area contributed by atoms with Crippen LogP contribution in [0.1, 0.15) is 0 Å². The second-order valence-electron chi connectivity index (χ2n) is 8.34. The molecule has 9 heteroatoms. The SMILES string of the molecule is c1ccc(Oc2cccc(Nc3nc(Nc4ccc(N5CCOCC5)cc4)nc4nc[nH]c34)c2)cc1. The van der Waals surface area contributed by atoms with E-state index in [1.54, 1.807) is 6.33 Å². The molecule has 3 N–H and O–H groups in total. The quantitative estimate of drug-likeness (QED) is 0.283. The molecule has 0 unspecified atom stereocenters. The number of aromatic amines is 1. The molecule has 0 atom stereocenters. The highest BCUT2D eigenvalue weighted by molar-refractivity contribution is 5.86. The predicted octanol–water partition coefficient (Wildman–Crippen LogP) is 5.47. The summed E-state index contributed by atoms with van der Waals surface area (Å²) in [6.07, 6.45) is 1.61. The summed E-state index contributed by atoms with van der Waals surface area (Å²) in [5.74, 6) is 2.56. The van der Waals surface area contributed by atoms with E-state index in [0.717, 1.165) is 54.7 Å². The summed E-state index contributed by atoms with van der Waals surface area (Å²) in [4.78, 5) is 19.1. The Morgan fingerprint density at radius 3 is 2.44 bits per heavy atom. The third-order valence-electron chi connectivity index (χ3n) is 5.86. The van der Waals surface area contributed by atoms with Crippen molar-refractivity contribution in [2.24, 2.45) is 0 Å². The van der Waals surface area contributed by atoms with E-state index in [4.69, 9.17) is 14.5 Å². The van der Waals surface area contributed by atoms with Crippen LogP contribution in [0.3, 0.4) is 0 Å². The van der Waals surface area contributed by atoms with Gasteiger partial charge in [-0.1, -0.05) is 24.3 Å². The molecule has 0 bridgehead atoms. The van der Waals surface area contributed by atoms with Crippen molar-refractivity contribution >= 4 is 40.0 Å². The Kier molecular flexibility index (Phi) is 6.03. The molecule has 1 aliphatic heterocycles. The fourth-order valence-corrected chi connectivity index (χ4v) is 4.08. The summed E-state index contributed by atoms with van der Waals surface area (Å²) in [5, 5.41) is 6.68. The van der Waals surface area contributed by atoms with Crippen molar-refractivity contribution in [2.75, 3.05) is 41.8 Å². The average molecular weight is 480 g/mol. The number of hydrogen-bond acceptors (Lipinski definition) is 8. The first-order valence-corrected chi connectivity index (χ1v) is 11.8. The molecule has 2 aromatic heterocycles. The van der Waals surface area contributed by atoms with Gasteiger partial charge in [0, 0.05) is 36.2 Å². The number of fused-ring (bicyclic) bond motifs is 1. The Labute approximate surface area is 208 Å². The van der Waals surface area contributed by atoms with Crippen LogP contribution in [-0.2, 0) is 4.74 Å². The minimum atomic E-state index is 0.452. The van der Waals surface area contributed by atoms with Gasteiger partial charge in [-0.15, -0.1) is 0 Å². The van der Waals surface area contributed by atoms with Crippen LogP contribution in [0.5, 0.6) is 11.5 Å². The third kappa shape index (κ3) is 4.91. The summed E-state index contributed by atoms with van der Waals surface area (Å²) in [6.45, 7) is 3.32. The monoisotopic (exact) mass is 479 g/mol. The van der Waals surface area contributed by atoms with Gasteiger partial charge in [-0.25, -0.2) is 4.98 Å². The number of nitrogens with zero attached hydrogens (tertiary/aromatic N) is 4. The van der Waals surface area contributed by atoms with Crippen molar-refractivity contribution < 1.29 is 9.47 Å². The maximum Gasteiger partial charge on any atom is 0.231 e. The number of ether oxygens (including phenoxy) is 2. The lowest BCUT2D eigenvalue weighted by Gasteiger charge is -2.28. The molecule has 3 aromatic carbocycles. The number of nitrogens with one attached hydrogen (secondary N) is 3. The molecule has 3 heterocycles. The molecule has 1 saturated heterocycles. The van der Waals surface area contributed by atoms with E-state index in [0.29, 0.717) is 17.4 Å². The number of rotatable bonds is 7. The Balaban J connectivity index is 1.22. The number of benzene rings is 3. The van der Waals surface area contributed by atoms with Crippen LogP contribution in [-0.4, -0.2) is 46.2 Å². The lowest BCUT2D eigenvalue weighted by Crippen LogP contribution is -2.36. The van der Waals surface area contributed by atoms with E-state index in [-0.39, 0.29) is 0 Å². The van der Waals surface area contributed by atoms with Gasteiger partial charge in [-0.05, 0) is 48.5 Å². The lowest BCUT2D eigenvalue weighted by atomic mass is 10.2. The van der Waals surface area contributed by atoms with Crippen molar-refractivity contribution in [1.29, 1.82) is 0 Å². The van der Waals surface area contributed by atoms with Crippen LogP contribution in [0.2, 0.25) is 0 Å². The van der Waals surface area contributed by atoms with Crippen LogP contribution in [0, 0.1) is 0 Å². The average Bonchev–Trinajstić information content (AvgIpc) is 3.40. The fourth-order valence-electron chi connectivity index (χ4n) is 4.08. The maximum absolute atomic E-state index is 5.97. The minimum Gasteiger partial charge on any atom is -0.457 e. The van der Waals surface area contributed by atoms with E-state index in [1.165, 1.54) is 5.69 Å². The van der Waals surface area contributed by atoms with E-state index in [2.05, 4.69) is 42.6 Å². The van der Waals surface area contributed by atoms with Crippen molar-refractivity contribution in [3.63, 3.8) is 0 Å². The molecule has 9 nitrogen and oxygen atoms in total. The molecule has 1 fully saturated rings. The van der Waals surface area contributed by atoms with Crippen molar-refractivity contribution in [3.8, 4) is 11.5 Å². The molecule has 0 spiro atoms. The Hall–Kier alpha value is -4.63. The van der Waals surface area contributed by atoms with E-state index >= 15 is 0 Å². The molecule has 180 valence electrons. The van der Waals surface area contributed by atoms with Gasteiger partial charge in [0.05, 0.1) is 19.5 Å². The zero-order valence-corrected chi connectivity index (χ0v) is 19.5. The molecule has 0 amide bonds. The van der Waals surface area contributed by atoms with E-state index < -0.39 is 0 Å². The number of anilines is 5. The molecule has 36 heavy (non-hydrogen) atoms. The van der Waals surface area contributed by atoms with E-state index in [1.807, 2.05) is 66.7 Å². The van der Waals surface area contributed by atoms with Crippen LogP contribution in [0.4, 0.5) is 28.8 Å². The molecule has 1 aliphatic rings. The predicted molar refractivity (Wildman–Crippen MR) is 141 cm³/mol. The van der Waals surface area contributed by atoms with Crippen molar-refractivity contribution in [3.05, 3.63) is 85.2 Å². The Bertz CT molecular complexity index is 1450. The second-order valence-corrected chi connectivity index (χ2v) is 8.34. The molecule has 0 radical (unpaired) electrons. The summed E-state index contributed by atoms with van der Waals surface area (Å²) in [7, 11) is 0. The van der Waals surface area contributed by atoms with Crippen LogP contribution in [0.25, 0.3) is 11.2 Å². The second kappa shape index (κ2) is 9.93. The summed E-state index contributed by atoms with van der Waals surface area (Å²) < 4.78 is 11.4. The largest absolute Gasteiger partial charge is 0.457 e. The molecular formula is C27H25N7O2. The minimum absolute atomic E-state index is 0.452. The molecule has 0 saturated carbocycles. The van der Waals surface area contributed by atoms with Crippen LogP contribution >= 0.6 is 0 Å². The highest BCUT2D eigenvalue weighted by Crippen LogP contribution is 2.28. The molecular weight excluding hydrogens is 454 g/mol. The zero-order valence-electron chi connectivity index (χ0n) is 19.5. The third-order valence-corrected chi connectivity index (χ3v) is 5.86. The normalized spacial score (nSPS) is 13.5. The number of aromatic nitrogens is 4. The van der Waals surface area contributed by atoms with Gasteiger partial charge in [0.2, 0.25) is 5.95 Å². The summed E-state index contributed by atoms with van der Waals surface area (Å²) in [5.41, 5.74) is 4.19. The van der Waals surface area contributed by atoms with Crippen LogP contribution in [0.15, 0.2) is 85.2 Å². The van der Waals surface area contributed by atoms with Crippen molar-refractivity contribution in [1.82, 2.24) is 19.9 Å². The first kappa shape index (κ1) is 21.9. The van der Waals surface area contributed by atoms with Gasteiger partial charge in [0.25, 0.3) is 0 Å². The smallest absolute Gasteiger partial charge is 0.231 e. The number of hydrogen-bond donors (Lipinski definition) is 3. The zero-order chi connectivity index (χ0) is 24.2. The summed E-state index contributed by atoms with van der Waals surface area (Å²) >= 11 is 0. The highest BCUT2D eigenvalue weighted by atomic mass is 16.5. The lowest BCUT2D eigenvalue weighted by molar-refractivity contribution is 0.122. The van der Waals surface area contributed by atoms with E-state index in [9.17, 15) is 0 Å². The van der Waals surface area contributed by atoms with Gasteiger partial charge < -0.3 is 30.0 Å². The first-order chi connectivity index (χ1) is 17.8. The maximum atomic E-state index is 5.97. The van der Waals surface area contributed by atoms with Gasteiger partial charge in [0.15, 0.2) is 11.5 Å². The number of imidazole rings is 1. The number of morpholine rings is 1. The number of H-pyrrole nitrogens is 1. The topological polar surface area (TPSA) is 100 Å². The molecule has 5 aromatic rings.